The van der Waals surface area contributed by atoms with Crippen molar-refractivity contribution in [3.63, 3.8) is 0 Å². The number of nitrogens with zero attached hydrogens (tertiary/aromatic N) is 1. The molecule has 0 saturated carbocycles. The van der Waals surface area contributed by atoms with Crippen LogP contribution in [-0.4, -0.2) is 42.9 Å². The minimum atomic E-state index is -3.69. The van der Waals surface area contributed by atoms with Gasteiger partial charge >= 0.3 is 5.97 Å². The topological polar surface area (TPSA) is 86.7 Å². The molecule has 0 aliphatic carbocycles. The number of aliphatic carboxylic acids is 1. The maximum Gasteiger partial charge on any atom is 0.322 e. The summed E-state index contributed by atoms with van der Waals surface area (Å²) in [6.07, 6.45) is 1.07. The molecule has 1 aliphatic rings. The van der Waals surface area contributed by atoms with Crippen LogP contribution in [0.25, 0.3) is 0 Å². The Hall–Kier alpha value is -0.660. The van der Waals surface area contributed by atoms with Crippen molar-refractivity contribution in [2.45, 2.75) is 39.7 Å². The zero-order valence-corrected chi connectivity index (χ0v) is 11.9. The molecule has 1 heterocycles. The highest BCUT2D eigenvalue weighted by Gasteiger charge is 2.38. The largest absolute Gasteiger partial charge is 0.480 e. The minimum Gasteiger partial charge on any atom is -0.480 e. The third-order valence-corrected chi connectivity index (χ3v) is 4.67. The Labute approximate surface area is 109 Å². The molecule has 7 heteroatoms. The summed E-state index contributed by atoms with van der Waals surface area (Å²) in [6, 6.07) is -0.946. The number of piperidine rings is 1. The summed E-state index contributed by atoms with van der Waals surface area (Å²) < 4.78 is 27.7. The fourth-order valence-electron chi connectivity index (χ4n) is 1.99. The van der Waals surface area contributed by atoms with Crippen LogP contribution in [-0.2, 0) is 15.0 Å². The molecule has 2 N–H and O–H groups in total. The van der Waals surface area contributed by atoms with Gasteiger partial charge in [0.15, 0.2) is 0 Å². The van der Waals surface area contributed by atoms with E-state index in [9.17, 15) is 13.2 Å². The summed E-state index contributed by atoms with van der Waals surface area (Å²) in [5, 5.41) is 9.13. The molecule has 1 aliphatic heterocycles. The highest BCUT2D eigenvalue weighted by molar-refractivity contribution is 7.87. The Kier molecular flexibility index (Phi) is 5.12. The molecule has 0 amide bonds. The molecule has 0 spiro atoms. The van der Waals surface area contributed by atoms with Gasteiger partial charge in [-0.15, -0.1) is 0 Å². The molecule has 0 aromatic heterocycles. The molecule has 18 heavy (non-hydrogen) atoms. The van der Waals surface area contributed by atoms with E-state index in [1.807, 2.05) is 20.8 Å². The molecule has 6 nitrogen and oxygen atoms in total. The van der Waals surface area contributed by atoms with Crippen LogP contribution < -0.4 is 4.72 Å². The van der Waals surface area contributed by atoms with Crippen LogP contribution in [0.3, 0.4) is 0 Å². The smallest absolute Gasteiger partial charge is 0.322 e. The normalized spacial score (nSPS) is 26.4. The van der Waals surface area contributed by atoms with Crippen molar-refractivity contribution in [1.29, 1.82) is 0 Å². The van der Waals surface area contributed by atoms with Gasteiger partial charge in [-0.05, 0) is 24.7 Å². The highest BCUT2D eigenvalue weighted by Crippen LogP contribution is 2.24. The lowest BCUT2D eigenvalue weighted by molar-refractivity contribution is -0.143. The Morgan fingerprint density at radius 2 is 2.11 bits per heavy atom. The van der Waals surface area contributed by atoms with Crippen LogP contribution in [0.1, 0.15) is 33.6 Å². The number of rotatable bonds is 5. The summed E-state index contributed by atoms with van der Waals surface area (Å²) in [5.74, 6) is -0.647. The van der Waals surface area contributed by atoms with Gasteiger partial charge in [0.05, 0.1) is 0 Å². The zero-order valence-electron chi connectivity index (χ0n) is 11.1. The fraction of sp³-hybridized carbons (Fsp3) is 0.909. The predicted molar refractivity (Wildman–Crippen MR) is 68.3 cm³/mol. The molecule has 0 aromatic carbocycles. The fourth-order valence-corrected chi connectivity index (χ4v) is 3.55. The first-order valence-corrected chi connectivity index (χ1v) is 7.67. The Balaban J connectivity index is 2.81. The quantitative estimate of drug-likeness (QED) is 0.773. The van der Waals surface area contributed by atoms with E-state index in [4.69, 9.17) is 5.11 Å². The summed E-state index contributed by atoms with van der Waals surface area (Å²) in [6.45, 7) is 6.33. The van der Waals surface area contributed by atoms with Gasteiger partial charge in [-0.3, -0.25) is 4.79 Å². The van der Waals surface area contributed by atoms with Crippen molar-refractivity contribution in [3.05, 3.63) is 0 Å². The van der Waals surface area contributed by atoms with E-state index < -0.39 is 22.2 Å². The number of carboxylic acids is 1. The van der Waals surface area contributed by atoms with Crippen LogP contribution in [0.2, 0.25) is 0 Å². The van der Waals surface area contributed by atoms with Gasteiger partial charge < -0.3 is 5.11 Å². The number of carboxylic acid groups (broad SMARTS) is 1. The van der Waals surface area contributed by atoms with Crippen molar-refractivity contribution >= 4 is 16.2 Å². The highest BCUT2D eigenvalue weighted by atomic mass is 32.2. The maximum absolute atomic E-state index is 12.1. The van der Waals surface area contributed by atoms with Gasteiger partial charge in [0.25, 0.3) is 10.2 Å². The van der Waals surface area contributed by atoms with Crippen LogP contribution in [0, 0.1) is 11.8 Å². The van der Waals surface area contributed by atoms with Crippen molar-refractivity contribution in [2.75, 3.05) is 13.1 Å². The number of carbonyl (C=O) groups is 1. The predicted octanol–water partition coefficient (Wildman–Crippen LogP) is 0.662. The van der Waals surface area contributed by atoms with E-state index in [-0.39, 0.29) is 18.4 Å². The zero-order chi connectivity index (χ0) is 13.9. The van der Waals surface area contributed by atoms with Crippen molar-refractivity contribution in [1.82, 2.24) is 9.03 Å². The first-order valence-electron chi connectivity index (χ1n) is 6.23. The first-order chi connectivity index (χ1) is 8.24. The average molecular weight is 278 g/mol. The van der Waals surface area contributed by atoms with E-state index in [1.165, 1.54) is 0 Å². The maximum atomic E-state index is 12.1. The van der Waals surface area contributed by atoms with E-state index >= 15 is 0 Å². The second kappa shape index (κ2) is 5.99. The second-order valence-corrected chi connectivity index (χ2v) is 7.05. The van der Waals surface area contributed by atoms with E-state index in [1.54, 1.807) is 0 Å². The summed E-state index contributed by atoms with van der Waals surface area (Å²) in [5.41, 5.74) is 0. The van der Waals surface area contributed by atoms with Gasteiger partial charge in [-0.2, -0.15) is 12.7 Å². The molecule has 0 radical (unpaired) electrons. The SMILES string of the molecule is CC(C)CNS(=O)(=O)N1CCC(C)CC1C(=O)O. The second-order valence-electron chi connectivity index (χ2n) is 5.34. The minimum absolute atomic E-state index is 0.187. The third kappa shape index (κ3) is 3.93. The van der Waals surface area contributed by atoms with Crippen LogP contribution in [0.4, 0.5) is 0 Å². The average Bonchev–Trinajstić information content (AvgIpc) is 2.26. The Bertz CT molecular complexity index is 394. The lowest BCUT2D eigenvalue weighted by Gasteiger charge is -2.34. The molecule has 1 saturated heterocycles. The van der Waals surface area contributed by atoms with E-state index in [2.05, 4.69) is 4.72 Å². The van der Waals surface area contributed by atoms with Crippen molar-refractivity contribution in [3.8, 4) is 0 Å². The number of hydrogen-bond donors (Lipinski definition) is 2. The molecular formula is C11H22N2O4S. The molecule has 106 valence electrons. The van der Waals surface area contributed by atoms with Crippen LogP contribution >= 0.6 is 0 Å². The molecule has 1 fully saturated rings. The summed E-state index contributed by atoms with van der Waals surface area (Å²) >= 11 is 0. The summed E-state index contributed by atoms with van der Waals surface area (Å²) in [4.78, 5) is 11.2. The molecular weight excluding hydrogens is 256 g/mol. The lowest BCUT2D eigenvalue weighted by atomic mass is 9.94. The van der Waals surface area contributed by atoms with Crippen LogP contribution in [0.15, 0.2) is 0 Å². The molecule has 0 bridgehead atoms. The lowest BCUT2D eigenvalue weighted by Crippen LogP contribution is -2.53. The standard InChI is InChI=1S/C11H22N2O4S/c1-8(2)7-12-18(16,17)13-5-4-9(3)6-10(13)11(14)15/h8-10,12H,4-7H2,1-3H3,(H,14,15). The van der Waals surface area contributed by atoms with Crippen molar-refractivity contribution < 1.29 is 18.3 Å². The molecule has 2 atom stereocenters. The van der Waals surface area contributed by atoms with E-state index in [0.29, 0.717) is 19.4 Å². The molecule has 0 aromatic rings. The monoisotopic (exact) mass is 278 g/mol. The number of nitrogens with one attached hydrogen (secondary N) is 1. The van der Waals surface area contributed by atoms with Crippen LogP contribution in [0.5, 0.6) is 0 Å². The van der Waals surface area contributed by atoms with Gasteiger partial charge in [-0.25, -0.2) is 4.72 Å². The van der Waals surface area contributed by atoms with Gasteiger partial charge in [0.2, 0.25) is 0 Å². The van der Waals surface area contributed by atoms with E-state index in [0.717, 1.165) is 4.31 Å². The van der Waals surface area contributed by atoms with Crippen molar-refractivity contribution in [2.24, 2.45) is 11.8 Å². The van der Waals surface area contributed by atoms with Gasteiger partial charge in [0, 0.05) is 13.1 Å². The third-order valence-electron chi connectivity index (χ3n) is 3.08. The number of hydrogen-bond acceptors (Lipinski definition) is 3. The Morgan fingerprint density at radius 1 is 1.50 bits per heavy atom. The molecule has 1 rings (SSSR count). The first kappa shape index (κ1) is 15.4. The summed E-state index contributed by atoms with van der Waals surface area (Å²) in [7, 11) is -3.69. The molecule has 2 unspecified atom stereocenters. The Morgan fingerprint density at radius 3 is 2.61 bits per heavy atom. The van der Waals surface area contributed by atoms with Gasteiger partial charge in [0.1, 0.15) is 6.04 Å². The van der Waals surface area contributed by atoms with Gasteiger partial charge in [-0.1, -0.05) is 20.8 Å².